The molecule has 0 spiro atoms. The van der Waals surface area contributed by atoms with Gasteiger partial charge in [0.2, 0.25) is 0 Å². The molecule has 0 amide bonds. The van der Waals surface area contributed by atoms with Crippen molar-refractivity contribution in [3.05, 3.63) is 103 Å². The number of aromatic nitrogens is 4. The Morgan fingerprint density at radius 2 is 0.709 bits per heavy atom. The summed E-state index contributed by atoms with van der Waals surface area (Å²) in [6.07, 6.45) is 28.0. The summed E-state index contributed by atoms with van der Waals surface area (Å²) in [5.74, 6) is 2.74. The minimum absolute atomic E-state index is 0.164. The SMILES string of the molecule is CCCCCCc1sc(-c2c3cc(-c4c(OCC(CC)CCCC)c(OCC(CC)CCCC)c(-c5ccc(-c6cc(F)c(-c7ccc(-c8c(OCC(CC)CCCC)c(OCC(CC)CCCC)c(C)c9nsnc89)s7)cc6F)s5)c5nsnc45)sc3c(-c3cc(Cl)c(CCCCCC)s3)c3cc(C)sc23)cc1Cl. The molecule has 0 N–H and O–H groups in total. The van der Waals surface area contributed by atoms with E-state index in [-0.39, 0.29) is 23.0 Å². The van der Waals surface area contributed by atoms with Crippen molar-refractivity contribution in [1.29, 1.82) is 0 Å². The normalized spacial score (nSPS) is 13.1. The average Bonchev–Trinajstić information content (AvgIpc) is 1.55. The number of hydrogen-bond acceptors (Lipinski definition) is 16. The molecule has 0 aliphatic heterocycles. The maximum atomic E-state index is 17.6. The van der Waals surface area contributed by atoms with Gasteiger partial charge in [0.25, 0.3) is 0 Å². The van der Waals surface area contributed by atoms with E-state index in [2.05, 4.69) is 100 Å². The molecule has 0 aliphatic carbocycles. The largest absolute Gasteiger partial charge is 0.489 e. The highest BCUT2D eigenvalue weighted by atomic mass is 35.5. The molecule has 0 saturated carbocycles. The number of benzene rings is 4. The second-order valence-electron chi connectivity index (χ2n) is 30.1. The first-order valence-electron chi connectivity index (χ1n) is 41.0. The second kappa shape index (κ2) is 40.4. The first-order chi connectivity index (χ1) is 53.6. The summed E-state index contributed by atoms with van der Waals surface area (Å²) < 4.78 is 86.9. The Balaban J connectivity index is 1.01. The van der Waals surface area contributed by atoms with Crippen molar-refractivity contribution in [1.82, 2.24) is 17.5 Å². The lowest BCUT2D eigenvalue weighted by molar-refractivity contribution is 0.199. The Morgan fingerprint density at radius 3 is 1.13 bits per heavy atom. The fraction of sp³-hybridized carbons (Fsp3) is 0.511. The van der Waals surface area contributed by atoms with Gasteiger partial charge in [-0.25, -0.2) is 8.78 Å². The van der Waals surface area contributed by atoms with Gasteiger partial charge in [0.1, 0.15) is 33.7 Å². The number of aryl methyl sites for hydroxylation is 4. The standard InChI is InChI=1S/C90H110Cl2F2N4O4S8/c1-13-23-29-31-37-69-63(91)47-74(106-69)76-61-43-53(11)103-89(61)77(75-48-64(92)70(107-75)38-32-30-24-14-2)62-46-73(108-90(62)76)80-84-83(97-110-98-84)79(87(101-51-57(21-9)35-27-17-5)88(80)102-52-58(22-10)36-28-18-6)72-42-40-68(105-72)60-45-65(93)59(44-66(60)94)67-39-41-71(104-67)78-82-81(95-109-96-82)54(12)85(99-49-55(19-7)33-25-15-3)86(78)100-50-56(20-8)34-26-16-4/h39-48,55-58H,13-38,49-52H2,1-12H3. The Hall–Kier alpha value is -5.12. The van der Waals surface area contributed by atoms with Crippen LogP contribution in [-0.2, 0) is 12.8 Å². The molecule has 110 heavy (non-hydrogen) atoms. The number of ether oxygens (including phenoxy) is 4. The van der Waals surface area contributed by atoms with Gasteiger partial charge in [0.05, 0.1) is 76.6 Å². The molecule has 590 valence electrons. The van der Waals surface area contributed by atoms with E-state index in [1.807, 2.05) is 65.2 Å². The lowest BCUT2D eigenvalue weighted by atomic mass is 9.97. The number of fused-ring (bicyclic) bond motifs is 4. The van der Waals surface area contributed by atoms with E-state index in [1.54, 1.807) is 11.3 Å². The van der Waals surface area contributed by atoms with Gasteiger partial charge in [-0.05, 0) is 150 Å². The molecule has 12 rings (SSSR count). The molecular weight excluding hydrogens is 1570 g/mol. The van der Waals surface area contributed by atoms with Crippen LogP contribution < -0.4 is 18.9 Å². The van der Waals surface area contributed by atoms with E-state index in [0.29, 0.717) is 87.6 Å². The predicted molar refractivity (Wildman–Crippen MR) is 479 cm³/mol. The first-order valence-corrected chi connectivity index (χ1v) is 48.1. The molecule has 4 unspecified atom stereocenters. The minimum atomic E-state index is -0.535. The van der Waals surface area contributed by atoms with Crippen LogP contribution in [0.3, 0.4) is 0 Å². The highest BCUT2D eigenvalue weighted by Crippen LogP contribution is 2.59. The molecule has 0 saturated heterocycles. The maximum absolute atomic E-state index is 17.6. The molecule has 12 aromatic rings. The third-order valence-corrected chi connectivity index (χ3v) is 31.0. The van der Waals surface area contributed by atoms with Crippen molar-refractivity contribution in [3.63, 3.8) is 0 Å². The number of unbranched alkanes of at least 4 members (excludes halogenated alkanes) is 10. The van der Waals surface area contributed by atoms with Crippen molar-refractivity contribution in [2.75, 3.05) is 26.4 Å². The third-order valence-electron chi connectivity index (χ3n) is 22.1. The Bertz CT molecular complexity index is 4910. The summed E-state index contributed by atoms with van der Waals surface area (Å²) in [6.45, 7) is 28.7. The van der Waals surface area contributed by atoms with Gasteiger partial charge >= 0.3 is 0 Å². The topological polar surface area (TPSA) is 88.5 Å². The molecule has 0 bridgehead atoms. The second-order valence-corrected chi connectivity index (χ2v) is 38.7. The van der Waals surface area contributed by atoms with Gasteiger partial charge in [-0.15, -0.1) is 68.0 Å². The van der Waals surface area contributed by atoms with Gasteiger partial charge in [0, 0.05) is 96.8 Å². The fourth-order valence-corrected chi connectivity index (χ4v) is 24.1. The molecule has 4 aromatic carbocycles. The molecule has 8 nitrogen and oxygen atoms in total. The molecule has 8 heterocycles. The van der Waals surface area contributed by atoms with Crippen LogP contribution in [0.2, 0.25) is 10.0 Å². The summed E-state index contributed by atoms with van der Waals surface area (Å²) in [7, 11) is 0. The zero-order valence-electron chi connectivity index (χ0n) is 66.5. The van der Waals surface area contributed by atoms with E-state index < -0.39 is 11.6 Å². The van der Waals surface area contributed by atoms with E-state index in [0.717, 1.165) is 212 Å². The van der Waals surface area contributed by atoms with Gasteiger partial charge in [0.15, 0.2) is 23.0 Å². The summed E-state index contributed by atoms with van der Waals surface area (Å²) >= 11 is 27.2. The molecule has 0 radical (unpaired) electrons. The zero-order valence-corrected chi connectivity index (χ0v) is 74.5. The van der Waals surface area contributed by atoms with Crippen LogP contribution in [0.5, 0.6) is 23.0 Å². The summed E-state index contributed by atoms with van der Waals surface area (Å²) in [4.78, 5) is 9.76. The number of halogens is 4. The van der Waals surface area contributed by atoms with E-state index >= 15 is 8.78 Å². The van der Waals surface area contributed by atoms with Gasteiger partial charge in [-0.1, -0.05) is 208 Å². The first kappa shape index (κ1) is 84.3. The van der Waals surface area contributed by atoms with Crippen LogP contribution in [0.4, 0.5) is 8.78 Å². The average molecular weight is 1680 g/mol. The third kappa shape index (κ3) is 19.0. The maximum Gasteiger partial charge on any atom is 0.172 e. The molecule has 8 aromatic heterocycles. The Morgan fingerprint density at radius 1 is 0.355 bits per heavy atom. The van der Waals surface area contributed by atoms with Gasteiger partial charge in [-0.2, -0.15) is 17.5 Å². The van der Waals surface area contributed by atoms with Crippen molar-refractivity contribution < 1.29 is 27.7 Å². The number of thiophene rings is 6. The van der Waals surface area contributed by atoms with Gasteiger partial charge < -0.3 is 18.9 Å². The lowest BCUT2D eigenvalue weighted by Gasteiger charge is -2.24. The summed E-state index contributed by atoms with van der Waals surface area (Å²) in [5, 5.41) is 4.02. The molecule has 4 atom stereocenters. The Labute approximate surface area is 694 Å². The predicted octanol–water partition coefficient (Wildman–Crippen LogP) is 32.9. The quantitative estimate of drug-likeness (QED) is 0.0349. The zero-order chi connectivity index (χ0) is 77.5. The Kier molecular flexibility index (Phi) is 31.0. The van der Waals surface area contributed by atoms with Crippen LogP contribution in [-0.4, -0.2) is 43.9 Å². The van der Waals surface area contributed by atoms with E-state index in [9.17, 15) is 0 Å². The van der Waals surface area contributed by atoms with Crippen LogP contribution in [0.1, 0.15) is 244 Å². The lowest BCUT2D eigenvalue weighted by Crippen LogP contribution is -2.15. The number of rotatable bonds is 45. The smallest absolute Gasteiger partial charge is 0.172 e. The van der Waals surface area contributed by atoms with Crippen LogP contribution >= 0.6 is 115 Å². The van der Waals surface area contributed by atoms with E-state index in [4.69, 9.17) is 59.6 Å². The number of nitrogens with zero attached hydrogens (tertiary/aromatic N) is 4. The van der Waals surface area contributed by atoms with E-state index in [1.165, 1.54) is 121 Å². The highest BCUT2D eigenvalue weighted by molar-refractivity contribution is 7.25. The minimum Gasteiger partial charge on any atom is -0.489 e. The van der Waals surface area contributed by atoms with Gasteiger partial charge in [-0.3, -0.25) is 0 Å². The van der Waals surface area contributed by atoms with Crippen LogP contribution in [0, 0.1) is 49.2 Å². The molecule has 20 heteroatoms. The highest BCUT2D eigenvalue weighted by Gasteiger charge is 2.34. The van der Waals surface area contributed by atoms with Crippen LogP contribution in [0.25, 0.3) is 115 Å². The van der Waals surface area contributed by atoms with Crippen LogP contribution in [0.15, 0.2) is 60.7 Å². The summed E-state index contributed by atoms with van der Waals surface area (Å²) in [6, 6.07) is 19.7. The fourth-order valence-electron chi connectivity index (χ4n) is 15.2. The van der Waals surface area contributed by atoms with Crippen molar-refractivity contribution in [3.8, 4) is 96.1 Å². The van der Waals surface area contributed by atoms with Crippen molar-refractivity contribution in [2.45, 2.75) is 250 Å². The monoisotopic (exact) mass is 1670 g/mol. The number of hydrogen-bond donors (Lipinski definition) is 0. The summed E-state index contributed by atoms with van der Waals surface area (Å²) in [5.41, 5.74) is 8.82. The molecule has 0 aliphatic rings. The molecule has 0 fully saturated rings. The molecular formula is C90H110Cl2F2N4O4S8. The van der Waals surface area contributed by atoms with Crippen molar-refractivity contribution >= 4 is 157 Å². The van der Waals surface area contributed by atoms with Crippen molar-refractivity contribution in [2.24, 2.45) is 23.7 Å².